The molecule has 0 aromatic carbocycles. The lowest BCUT2D eigenvalue weighted by molar-refractivity contribution is -0.119. The highest BCUT2D eigenvalue weighted by Crippen LogP contribution is 2.58. The van der Waals surface area contributed by atoms with E-state index >= 15 is 8.96 Å². The van der Waals surface area contributed by atoms with Gasteiger partial charge in [-0.2, -0.15) is 0 Å². The van der Waals surface area contributed by atoms with E-state index in [0.717, 1.165) is 42.0 Å². The second-order valence-electron chi connectivity index (χ2n) is 21.8. The summed E-state index contributed by atoms with van der Waals surface area (Å²) in [6.45, 7) is 17.9. The summed E-state index contributed by atoms with van der Waals surface area (Å²) in [6, 6.07) is 0.808. The van der Waals surface area contributed by atoms with Gasteiger partial charge >= 0.3 is 20.6 Å². The van der Waals surface area contributed by atoms with Crippen LogP contribution in [0.5, 0.6) is 0 Å². The molecule has 1 aliphatic carbocycles. The number of nitrogens with zero attached hydrogens (tertiary/aromatic N) is 8. The third-order valence-corrected chi connectivity index (χ3v) is 23.2. The molecule has 3 fully saturated rings. The maximum atomic E-state index is 17.1. The first-order valence-corrected chi connectivity index (χ1v) is 36.0. The summed E-state index contributed by atoms with van der Waals surface area (Å²) in [5.41, 5.74) is 1.63. The van der Waals surface area contributed by atoms with E-state index in [9.17, 15) is 19.3 Å². The maximum Gasteiger partial charge on any atom is 0.475 e. The van der Waals surface area contributed by atoms with Gasteiger partial charge in [0.25, 0.3) is 5.56 Å². The van der Waals surface area contributed by atoms with Crippen molar-refractivity contribution in [1.82, 2.24) is 39.0 Å². The largest absolute Gasteiger partial charge is 0.475 e. The average molecular weight is 1160 g/mol. The minimum absolute atomic E-state index is 0.0164. The van der Waals surface area contributed by atoms with E-state index in [1.807, 2.05) is 33.9 Å². The lowest BCUT2D eigenvalue weighted by Gasteiger charge is -2.40. The van der Waals surface area contributed by atoms with Crippen LogP contribution in [0.25, 0.3) is 27.0 Å². The van der Waals surface area contributed by atoms with Crippen molar-refractivity contribution in [2.75, 3.05) is 52.7 Å². The fourth-order valence-corrected chi connectivity index (χ4v) is 13.7. The van der Waals surface area contributed by atoms with E-state index in [-0.39, 0.29) is 56.2 Å². The molecule has 2 bridgehead atoms. The van der Waals surface area contributed by atoms with Crippen LogP contribution in [0.3, 0.4) is 0 Å². The van der Waals surface area contributed by atoms with Crippen LogP contribution in [-0.4, -0.2) is 156 Å². The zero-order chi connectivity index (χ0) is 54.8. The number of halogens is 1. The second kappa shape index (κ2) is 23.9. The molecule has 7 heterocycles. The van der Waals surface area contributed by atoms with Crippen LogP contribution in [0.1, 0.15) is 63.7 Å². The molecule has 24 nitrogen and oxygen atoms in total. The molecule has 418 valence electrons. The van der Waals surface area contributed by atoms with Crippen LogP contribution in [0, 0.1) is 6.57 Å². The number of rotatable bonds is 18. The number of hydrogen-bond acceptors (Lipinski definition) is 19. The van der Waals surface area contributed by atoms with Crippen LogP contribution >= 0.6 is 14.5 Å². The lowest BCUT2D eigenvalue weighted by Crippen LogP contribution is -2.50. The molecule has 2 N–H and O–H groups in total. The third-order valence-electron chi connectivity index (χ3n) is 14.0. The van der Waals surface area contributed by atoms with E-state index in [1.54, 1.807) is 10.8 Å². The molecule has 4 aromatic rings. The van der Waals surface area contributed by atoms with Gasteiger partial charge in [0.1, 0.15) is 55.4 Å². The molecule has 76 heavy (non-hydrogen) atoms. The van der Waals surface area contributed by atoms with Gasteiger partial charge in [-0.1, -0.05) is 40.4 Å². The SMILES string of the molecule is [C-]#[N+]CCOP1(=O)OC[C@H]2O[C@@H](n3cc4c5c(ncnc53)CCCC4)[C@H](F)[C@@H]2OP(O)(=S)OC[C@H]2O[C@@H](n3cnc4c(=O)n(CCOCCC(=O)CNC(=O)OCC[Si](C)(C)C)cnc43)[C@H](O1)[C@@H]2O[Si](C)(C)C(C)(C)C. The number of alkyl carbamates (subject to hydrolysis) is 1. The first-order chi connectivity index (χ1) is 35.9. The van der Waals surface area contributed by atoms with Gasteiger partial charge in [-0.25, -0.2) is 40.3 Å². The van der Waals surface area contributed by atoms with E-state index in [0.29, 0.717) is 18.7 Å². The van der Waals surface area contributed by atoms with Crippen LogP contribution in [0.15, 0.2) is 30.0 Å². The number of alkyl halides is 1. The molecule has 0 spiro atoms. The van der Waals surface area contributed by atoms with Crippen molar-refractivity contribution in [2.24, 2.45) is 0 Å². The Hall–Kier alpha value is -3.76. The molecule has 10 atom stereocenters. The number of carbonyl (C=O) groups excluding carboxylic acids is 2. The molecular weight excluding hydrogens is 1090 g/mol. The fourth-order valence-electron chi connectivity index (χ4n) is 8.89. The first-order valence-electron chi connectivity index (χ1n) is 25.3. The van der Waals surface area contributed by atoms with Crippen molar-refractivity contribution in [1.29, 1.82) is 0 Å². The van der Waals surface area contributed by atoms with Crippen LogP contribution < -0.4 is 10.9 Å². The highest BCUT2D eigenvalue weighted by molar-refractivity contribution is 8.07. The molecule has 4 aromatic heterocycles. The molecule has 8 rings (SSSR count). The molecule has 30 heteroatoms. The summed E-state index contributed by atoms with van der Waals surface area (Å²) in [5, 5.41) is 2.87. The standard InChI is InChI=1S/C46H68FN9O15P2SSi2/c1-46(2,3)76(8,9)71-38-33-25-66-73(61,74)70-37-32(67-43(35(37)47)55-23-29-12-10-11-13-31-34(29)40(55)51-26-50-31)24-65-72(60,64-18-15-48-4)69-39(38)44(68-33)56-28-52-36-41(56)53-27-54(42(36)58)16-19-62-17-14-30(57)22-49-45(59)63-20-21-75(5,6)7/h23,26-28,32-33,35,37-39,43-44H,10-22,24-25H2,1-3,5-9H3,(H,49,59)(H,61,74)/t32-,33-,35-,37-,38-,39-,43-,44-,72?,73?/m1/s1. The quantitative estimate of drug-likeness (QED) is 0.0462. The number of hydrogen-bond donors (Lipinski definition) is 2. The van der Waals surface area contributed by atoms with Crippen molar-refractivity contribution >= 4 is 76.8 Å². The summed E-state index contributed by atoms with van der Waals surface area (Å²) < 4.78 is 97.8. The summed E-state index contributed by atoms with van der Waals surface area (Å²) in [6.07, 6.45) is -3.08. The molecule has 2 unspecified atom stereocenters. The lowest BCUT2D eigenvalue weighted by atomic mass is 10.1. The van der Waals surface area contributed by atoms with Crippen molar-refractivity contribution in [3.63, 3.8) is 0 Å². The summed E-state index contributed by atoms with van der Waals surface area (Å²) in [7, 11) is -9.08. The summed E-state index contributed by atoms with van der Waals surface area (Å²) >= 11 is 5.57. The number of aromatic nitrogens is 7. The van der Waals surface area contributed by atoms with E-state index < -0.39 is 117 Å². The number of imidazole rings is 1. The number of amides is 1. The van der Waals surface area contributed by atoms with Crippen LogP contribution in [0.4, 0.5) is 9.18 Å². The number of nitrogens with one attached hydrogen (secondary N) is 1. The van der Waals surface area contributed by atoms with Gasteiger partial charge in [0.2, 0.25) is 6.54 Å². The van der Waals surface area contributed by atoms with Gasteiger partial charge < -0.3 is 47.5 Å². The number of aryl methyl sites for hydroxylation is 2. The number of phosphoric acid groups is 1. The molecule has 4 aliphatic rings. The minimum atomic E-state index is -4.87. The maximum absolute atomic E-state index is 17.1. The van der Waals surface area contributed by atoms with Gasteiger partial charge in [-0.05, 0) is 67.2 Å². The predicted molar refractivity (Wildman–Crippen MR) is 282 cm³/mol. The Morgan fingerprint density at radius 1 is 0.947 bits per heavy atom. The number of carbonyl (C=O) groups is 2. The van der Waals surface area contributed by atoms with Crippen LogP contribution in [0.2, 0.25) is 43.8 Å². The van der Waals surface area contributed by atoms with E-state index in [2.05, 4.69) is 49.7 Å². The van der Waals surface area contributed by atoms with E-state index in [4.69, 9.17) is 64.4 Å². The van der Waals surface area contributed by atoms with Crippen molar-refractivity contribution < 1.29 is 69.4 Å². The Kier molecular flexibility index (Phi) is 18.4. The normalized spacial score (nSPS) is 28.5. The van der Waals surface area contributed by atoms with Gasteiger partial charge in [-0.15, -0.1) is 0 Å². The Labute approximate surface area is 446 Å². The number of ketones is 1. The predicted octanol–water partition coefficient (Wildman–Crippen LogP) is 6.56. The minimum Gasteiger partial charge on any atom is -0.450 e. The number of phosphoric ester groups is 1. The topological polar surface area (TPSA) is 264 Å². The Morgan fingerprint density at radius 2 is 1.70 bits per heavy atom. The van der Waals surface area contributed by atoms with Gasteiger partial charge in [0, 0.05) is 26.1 Å². The average Bonchev–Trinajstić information content (AvgIpc) is 4.13. The smallest absolute Gasteiger partial charge is 0.450 e. The molecular formula is C46H68FN9O15P2SSi2. The van der Waals surface area contributed by atoms with Crippen molar-refractivity contribution in [3.05, 3.63) is 58.2 Å². The van der Waals surface area contributed by atoms with Gasteiger partial charge in [0.15, 0.2) is 43.9 Å². The molecule has 3 aliphatic heterocycles. The fraction of sp³-hybridized carbons (Fsp3) is 0.696. The third kappa shape index (κ3) is 13.6. The Bertz CT molecular complexity index is 2950. The number of fused-ring (bicyclic) bond motifs is 4. The summed E-state index contributed by atoms with van der Waals surface area (Å²) in [5.74, 6) is -0.262. The van der Waals surface area contributed by atoms with Crippen molar-refractivity contribution in [3.8, 4) is 0 Å². The zero-order valence-electron chi connectivity index (χ0n) is 44.0. The highest BCUT2D eigenvalue weighted by Gasteiger charge is 2.57. The van der Waals surface area contributed by atoms with Gasteiger partial charge in [-0.3, -0.25) is 36.8 Å². The number of ether oxygens (including phenoxy) is 4. The Morgan fingerprint density at radius 3 is 2.45 bits per heavy atom. The highest BCUT2D eigenvalue weighted by atomic mass is 32.5. The summed E-state index contributed by atoms with van der Waals surface area (Å²) in [4.78, 5) is 71.4. The molecule has 0 saturated carbocycles. The zero-order valence-corrected chi connectivity index (χ0v) is 48.6. The molecule has 3 saturated heterocycles. The Balaban J connectivity index is 1.04. The monoisotopic (exact) mass is 1160 g/mol. The first kappa shape index (κ1) is 58.4. The molecule has 0 radical (unpaired) electrons. The van der Waals surface area contributed by atoms with Gasteiger partial charge in [0.05, 0.1) is 58.1 Å². The molecule has 1 amide bonds. The second-order valence-corrected chi connectivity index (χ2v) is 36.6. The van der Waals surface area contributed by atoms with E-state index in [1.165, 1.54) is 28.1 Å². The van der Waals surface area contributed by atoms with Crippen LogP contribution in [-0.2, 0) is 86.5 Å². The number of Topliss-reactive ketones (excluding diaryl/α,β-unsaturated/α-hetero) is 1. The van der Waals surface area contributed by atoms with Crippen molar-refractivity contribution in [2.45, 2.75) is 152 Å².